The lowest BCUT2D eigenvalue weighted by atomic mass is 10.1. The topological polar surface area (TPSA) is 102 Å². The standard InChI is InChI=1S/C22H25ClN2O7S/c1-3-31-19(27)13-32-20-15(23)9-14(10-16(20)30-2)11-17-21(28)25(22(29)33-17)12-18(26)24-7-5-4-6-8-24/h9-11H,3-8,12-13H2,1-2H3/b17-11-. The van der Waals surface area contributed by atoms with Gasteiger partial charge in [-0.2, -0.15) is 0 Å². The van der Waals surface area contributed by atoms with Gasteiger partial charge in [0.2, 0.25) is 5.91 Å². The Labute approximate surface area is 201 Å². The van der Waals surface area contributed by atoms with E-state index in [4.69, 9.17) is 25.8 Å². The lowest BCUT2D eigenvalue weighted by Crippen LogP contribution is -2.44. The van der Waals surface area contributed by atoms with Gasteiger partial charge in [0.25, 0.3) is 11.1 Å². The number of hydrogen-bond acceptors (Lipinski definition) is 8. The molecule has 0 atom stereocenters. The van der Waals surface area contributed by atoms with Gasteiger partial charge in [-0.3, -0.25) is 19.3 Å². The molecule has 3 amide bonds. The third-order valence-corrected chi connectivity index (χ3v) is 6.25. The molecule has 2 heterocycles. The SMILES string of the molecule is CCOC(=O)COc1c(Cl)cc(/C=C2\SC(=O)N(CC(=O)N3CCCCC3)C2=O)cc1OC. The molecule has 0 saturated carbocycles. The Morgan fingerprint density at radius 2 is 1.91 bits per heavy atom. The van der Waals surface area contributed by atoms with Crippen LogP contribution >= 0.6 is 23.4 Å². The molecule has 9 nitrogen and oxygen atoms in total. The summed E-state index contributed by atoms with van der Waals surface area (Å²) in [6, 6.07) is 3.09. The summed E-state index contributed by atoms with van der Waals surface area (Å²) in [4.78, 5) is 52.1. The van der Waals surface area contributed by atoms with Crippen LogP contribution in [0, 0.1) is 0 Å². The molecule has 1 aromatic rings. The summed E-state index contributed by atoms with van der Waals surface area (Å²) in [6.45, 7) is 2.59. The van der Waals surface area contributed by atoms with Crippen LogP contribution in [0.2, 0.25) is 5.02 Å². The molecule has 1 aromatic carbocycles. The Balaban J connectivity index is 1.73. The van der Waals surface area contributed by atoms with Crippen molar-refractivity contribution in [3.8, 4) is 11.5 Å². The number of piperidine rings is 1. The van der Waals surface area contributed by atoms with Crippen LogP contribution in [0.4, 0.5) is 4.79 Å². The van der Waals surface area contributed by atoms with Crippen molar-refractivity contribution in [2.45, 2.75) is 26.2 Å². The van der Waals surface area contributed by atoms with Gasteiger partial charge in [0, 0.05) is 13.1 Å². The molecule has 178 valence electrons. The van der Waals surface area contributed by atoms with Crippen molar-refractivity contribution in [1.29, 1.82) is 0 Å². The maximum absolute atomic E-state index is 12.8. The largest absolute Gasteiger partial charge is 0.493 e. The van der Waals surface area contributed by atoms with Crippen molar-refractivity contribution >= 4 is 52.5 Å². The quantitative estimate of drug-likeness (QED) is 0.399. The van der Waals surface area contributed by atoms with E-state index in [1.807, 2.05) is 0 Å². The smallest absolute Gasteiger partial charge is 0.344 e. The lowest BCUT2D eigenvalue weighted by Gasteiger charge is -2.27. The van der Waals surface area contributed by atoms with Crippen LogP contribution in [0.25, 0.3) is 6.08 Å². The molecular weight excluding hydrogens is 472 g/mol. The average Bonchev–Trinajstić information content (AvgIpc) is 3.06. The first-order chi connectivity index (χ1) is 15.8. The van der Waals surface area contributed by atoms with Crippen LogP contribution in [-0.4, -0.2) is 72.8 Å². The van der Waals surface area contributed by atoms with Gasteiger partial charge in [0.15, 0.2) is 18.1 Å². The fourth-order valence-electron chi connectivity index (χ4n) is 3.46. The molecule has 2 aliphatic heterocycles. The number of hydrogen-bond donors (Lipinski definition) is 0. The number of carbonyl (C=O) groups is 4. The predicted octanol–water partition coefficient (Wildman–Crippen LogP) is 3.34. The van der Waals surface area contributed by atoms with Crippen LogP contribution in [0.1, 0.15) is 31.7 Å². The van der Waals surface area contributed by atoms with E-state index in [-0.39, 0.29) is 47.1 Å². The van der Waals surface area contributed by atoms with E-state index in [2.05, 4.69) is 0 Å². The van der Waals surface area contributed by atoms with E-state index in [0.717, 1.165) is 35.9 Å². The average molecular weight is 497 g/mol. The normalized spacial score (nSPS) is 17.5. The highest BCUT2D eigenvalue weighted by molar-refractivity contribution is 8.18. The van der Waals surface area contributed by atoms with E-state index in [9.17, 15) is 19.2 Å². The second-order valence-electron chi connectivity index (χ2n) is 7.34. The number of imide groups is 1. The Hall–Kier alpha value is -2.72. The van der Waals surface area contributed by atoms with E-state index in [0.29, 0.717) is 18.7 Å². The number of esters is 1. The van der Waals surface area contributed by atoms with E-state index < -0.39 is 17.1 Å². The Kier molecular flexibility index (Phi) is 8.62. The molecule has 0 spiro atoms. The van der Waals surface area contributed by atoms with Gasteiger partial charge in [-0.1, -0.05) is 11.6 Å². The van der Waals surface area contributed by atoms with Gasteiger partial charge >= 0.3 is 5.97 Å². The van der Waals surface area contributed by atoms with Gasteiger partial charge in [0.1, 0.15) is 6.54 Å². The second-order valence-corrected chi connectivity index (χ2v) is 8.74. The number of ether oxygens (including phenoxy) is 3. The number of amides is 3. The molecule has 0 radical (unpaired) electrons. The van der Waals surface area contributed by atoms with Crippen molar-refractivity contribution in [3.63, 3.8) is 0 Å². The number of likely N-dealkylation sites (tertiary alicyclic amines) is 1. The summed E-state index contributed by atoms with van der Waals surface area (Å²) in [5.41, 5.74) is 0.494. The molecule has 0 aromatic heterocycles. The van der Waals surface area contributed by atoms with E-state index >= 15 is 0 Å². The zero-order valence-corrected chi connectivity index (χ0v) is 20.0. The molecule has 2 fully saturated rings. The van der Waals surface area contributed by atoms with Crippen LogP contribution in [0.15, 0.2) is 17.0 Å². The van der Waals surface area contributed by atoms with Gasteiger partial charge < -0.3 is 19.1 Å². The first kappa shape index (κ1) is 24.9. The fourth-order valence-corrected chi connectivity index (χ4v) is 4.58. The Bertz CT molecular complexity index is 976. The summed E-state index contributed by atoms with van der Waals surface area (Å²) in [6.07, 6.45) is 4.43. The molecule has 0 unspecified atom stereocenters. The molecule has 2 aliphatic rings. The van der Waals surface area contributed by atoms with E-state index in [1.165, 1.54) is 19.3 Å². The number of halogens is 1. The maximum Gasteiger partial charge on any atom is 0.344 e. The van der Waals surface area contributed by atoms with Crippen molar-refractivity contribution in [2.24, 2.45) is 0 Å². The summed E-state index contributed by atoms with van der Waals surface area (Å²) >= 11 is 7.06. The molecular formula is C22H25ClN2O7S. The summed E-state index contributed by atoms with van der Waals surface area (Å²) in [5.74, 6) is -0.909. The number of methoxy groups -OCH3 is 1. The number of carbonyl (C=O) groups excluding carboxylic acids is 4. The Morgan fingerprint density at radius 3 is 2.58 bits per heavy atom. The van der Waals surface area contributed by atoms with Crippen LogP contribution < -0.4 is 9.47 Å². The summed E-state index contributed by atoms with van der Waals surface area (Å²) in [7, 11) is 1.41. The molecule has 0 bridgehead atoms. The molecule has 11 heteroatoms. The molecule has 0 aliphatic carbocycles. The first-order valence-electron chi connectivity index (χ1n) is 10.5. The molecule has 33 heavy (non-hydrogen) atoms. The highest BCUT2D eigenvalue weighted by Gasteiger charge is 2.37. The second kappa shape index (κ2) is 11.4. The van der Waals surface area contributed by atoms with Gasteiger partial charge in [-0.15, -0.1) is 0 Å². The summed E-state index contributed by atoms with van der Waals surface area (Å²) in [5, 5.41) is -0.339. The van der Waals surface area contributed by atoms with Crippen LogP contribution in [0.3, 0.4) is 0 Å². The number of benzene rings is 1. The van der Waals surface area contributed by atoms with Crippen molar-refractivity contribution < 1.29 is 33.4 Å². The number of thioether (sulfide) groups is 1. The zero-order valence-electron chi connectivity index (χ0n) is 18.4. The third kappa shape index (κ3) is 6.20. The maximum atomic E-state index is 12.8. The van der Waals surface area contributed by atoms with Crippen molar-refractivity contribution in [1.82, 2.24) is 9.80 Å². The minimum atomic E-state index is -0.549. The summed E-state index contributed by atoms with van der Waals surface area (Å²) < 4.78 is 15.6. The molecule has 3 rings (SSSR count). The fraction of sp³-hybridized carbons (Fsp3) is 0.455. The number of rotatable bonds is 8. The molecule has 2 saturated heterocycles. The minimum absolute atomic E-state index is 0.157. The van der Waals surface area contributed by atoms with Crippen LogP contribution in [-0.2, 0) is 19.1 Å². The highest BCUT2D eigenvalue weighted by Crippen LogP contribution is 2.39. The highest BCUT2D eigenvalue weighted by atomic mass is 35.5. The van der Waals surface area contributed by atoms with Crippen LogP contribution in [0.5, 0.6) is 11.5 Å². The monoisotopic (exact) mass is 496 g/mol. The lowest BCUT2D eigenvalue weighted by molar-refractivity contribution is -0.145. The van der Waals surface area contributed by atoms with Crippen molar-refractivity contribution in [2.75, 3.05) is 40.0 Å². The molecule has 0 N–H and O–H groups in total. The predicted molar refractivity (Wildman–Crippen MR) is 123 cm³/mol. The third-order valence-electron chi connectivity index (χ3n) is 5.06. The van der Waals surface area contributed by atoms with Gasteiger partial charge in [-0.05, 0) is 61.7 Å². The van der Waals surface area contributed by atoms with Crippen molar-refractivity contribution in [3.05, 3.63) is 27.6 Å². The first-order valence-corrected chi connectivity index (χ1v) is 11.7. The van der Waals surface area contributed by atoms with Gasteiger partial charge in [0.05, 0.1) is 23.6 Å². The Morgan fingerprint density at radius 1 is 1.18 bits per heavy atom. The number of nitrogens with zero attached hydrogens (tertiary/aromatic N) is 2. The van der Waals surface area contributed by atoms with E-state index in [1.54, 1.807) is 17.9 Å². The minimum Gasteiger partial charge on any atom is -0.493 e. The van der Waals surface area contributed by atoms with Gasteiger partial charge in [-0.25, -0.2) is 4.79 Å². The zero-order chi connectivity index (χ0) is 24.0.